The van der Waals surface area contributed by atoms with E-state index in [0.29, 0.717) is 0 Å². The van der Waals surface area contributed by atoms with Crippen LogP contribution >= 0.6 is 11.6 Å². The van der Waals surface area contributed by atoms with E-state index in [4.69, 9.17) is 16.7 Å². The van der Waals surface area contributed by atoms with Crippen molar-refractivity contribution in [2.45, 2.75) is 6.54 Å². The monoisotopic (exact) mass is 254 g/mol. The number of nitrogens with zero attached hydrogens (tertiary/aromatic N) is 2. The van der Waals surface area contributed by atoms with E-state index in [9.17, 15) is 9.18 Å². The Morgan fingerprint density at radius 2 is 2.24 bits per heavy atom. The Morgan fingerprint density at radius 1 is 1.47 bits per heavy atom. The number of carboxylic acid groups (broad SMARTS) is 1. The minimum Gasteiger partial charge on any atom is -0.476 e. The molecule has 1 heterocycles. The molecule has 0 spiro atoms. The molecule has 0 aliphatic rings. The Bertz CT molecular complexity index is 548. The molecule has 1 aromatic carbocycles. The number of carboxylic acids is 1. The molecule has 0 saturated carbocycles. The minimum absolute atomic E-state index is 0.0857. The van der Waals surface area contributed by atoms with Crippen molar-refractivity contribution in [2.24, 2.45) is 0 Å². The number of halogens is 2. The highest BCUT2D eigenvalue weighted by molar-refractivity contribution is 6.31. The zero-order valence-corrected chi connectivity index (χ0v) is 9.36. The third kappa shape index (κ3) is 2.45. The summed E-state index contributed by atoms with van der Waals surface area (Å²) in [6, 6.07) is 5.72. The van der Waals surface area contributed by atoms with Gasteiger partial charge in [0.05, 0.1) is 6.54 Å². The Morgan fingerprint density at radius 3 is 2.82 bits per heavy atom. The van der Waals surface area contributed by atoms with Gasteiger partial charge in [0.2, 0.25) is 0 Å². The van der Waals surface area contributed by atoms with Crippen LogP contribution < -0.4 is 0 Å². The zero-order chi connectivity index (χ0) is 12.4. The summed E-state index contributed by atoms with van der Waals surface area (Å²) in [5.41, 5.74) is 0.201. The van der Waals surface area contributed by atoms with Crippen molar-refractivity contribution in [1.29, 1.82) is 0 Å². The van der Waals surface area contributed by atoms with E-state index in [0.717, 1.165) is 0 Å². The van der Waals surface area contributed by atoms with Gasteiger partial charge in [0.15, 0.2) is 5.69 Å². The van der Waals surface area contributed by atoms with Crippen LogP contribution in [-0.4, -0.2) is 20.9 Å². The van der Waals surface area contributed by atoms with Crippen molar-refractivity contribution in [3.63, 3.8) is 0 Å². The summed E-state index contributed by atoms with van der Waals surface area (Å²) in [5.74, 6) is -1.56. The fourth-order valence-electron chi connectivity index (χ4n) is 1.41. The average Bonchev–Trinajstić information content (AvgIpc) is 2.72. The van der Waals surface area contributed by atoms with E-state index in [2.05, 4.69) is 5.10 Å². The molecule has 0 radical (unpaired) electrons. The summed E-state index contributed by atoms with van der Waals surface area (Å²) >= 11 is 5.85. The van der Waals surface area contributed by atoms with E-state index in [1.54, 1.807) is 6.07 Å². The molecule has 1 aromatic heterocycles. The summed E-state index contributed by atoms with van der Waals surface area (Å²) in [5, 5.41) is 12.8. The highest BCUT2D eigenvalue weighted by Gasteiger charge is 2.10. The van der Waals surface area contributed by atoms with Crippen LogP contribution in [0.3, 0.4) is 0 Å². The Kier molecular flexibility index (Phi) is 3.10. The first-order valence-corrected chi connectivity index (χ1v) is 5.15. The molecule has 0 unspecified atom stereocenters. The molecule has 6 heteroatoms. The van der Waals surface area contributed by atoms with Crippen molar-refractivity contribution in [3.05, 3.63) is 52.6 Å². The van der Waals surface area contributed by atoms with Gasteiger partial charge in [-0.05, 0) is 18.2 Å². The molecule has 4 nitrogen and oxygen atoms in total. The summed E-state index contributed by atoms with van der Waals surface area (Å²) in [4.78, 5) is 10.6. The fourth-order valence-corrected chi connectivity index (χ4v) is 1.63. The maximum Gasteiger partial charge on any atom is 0.356 e. The van der Waals surface area contributed by atoms with Gasteiger partial charge in [-0.25, -0.2) is 9.18 Å². The lowest BCUT2D eigenvalue weighted by Gasteiger charge is -2.05. The van der Waals surface area contributed by atoms with Crippen molar-refractivity contribution >= 4 is 17.6 Å². The second-order valence-corrected chi connectivity index (χ2v) is 3.81. The van der Waals surface area contributed by atoms with E-state index >= 15 is 0 Å². The molecule has 0 amide bonds. The van der Waals surface area contributed by atoms with E-state index in [1.165, 1.54) is 29.1 Å². The van der Waals surface area contributed by atoms with E-state index in [-0.39, 0.29) is 22.8 Å². The lowest BCUT2D eigenvalue weighted by atomic mass is 10.2. The van der Waals surface area contributed by atoms with Crippen molar-refractivity contribution in [3.8, 4) is 0 Å². The number of rotatable bonds is 3. The molecule has 0 bridgehead atoms. The Balaban J connectivity index is 2.28. The predicted molar refractivity (Wildman–Crippen MR) is 59.7 cm³/mol. The predicted octanol–water partition coefficient (Wildman–Crippen LogP) is 2.42. The Hall–Kier alpha value is -1.88. The first-order chi connectivity index (χ1) is 8.08. The van der Waals surface area contributed by atoms with Gasteiger partial charge < -0.3 is 5.11 Å². The van der Waals surface area contributed by atoms with Gasteiger partial charge in [0, 0.05) is 16.8 Å². The van der Waals surface area contributed by atoms with Crippen LogP contribution in [0.1, 0.15) is 16.1 Å². The first-order valence-electron chi connectivity index (χ1n) is 4.77. The van der Waals surface area contributed by atoms with Gasteiger partial charge in [0.1, 0.15) is 5.82 Å². The number of hydrogen-bond acceptors (Lipinski definition) is 2. The maximum atomic E-state index is 13.5. The summed E-state index contributed by atoms with van der Waals surface area (Å²) in [7, 11) is 0. The quantitative estimate of drug-likeness (QED) is 0.915. The van der Waals surface area contributed by atoms with Crippen LogP contribution in [0.4, 0.5) is 4.39 Å². The molecule has 1 N–H and O–H groups in total. The number of benzene rings is 1. The van der Waals surface area contributed by atoms with Crippen LogP contribution in [0.2, 0.25) is 5.02 Å². The number of aromatic nitrogens is 2. The molecule has 0 atom stereocenters. The van der Waals surface area contributed by atoms with Crippen LogP contribution in [0.5, 0.6) is 0 Å². The summed E-state index contributed by atoms with van der Waals surface area (Å²) in [6.07, 6.45) is 1.46. The minimum atomic E-state index is -1.12. The highest BCUT2D eigenvalue weighted by atomic mass is 35.5. The standard InChI is InChI=1S/C11H8ClFN2O2/c12-8-2-1-3-9(13)7(8)6-15-5-4-10(14-15)11(16)17/h1-5H,6H2,(H,16,17). The van der Waals surface area contributed by atoms with Gasteiger partial charge in [-0.3, -0.25) is 4.68 Å². The normalized spacial score (nSPS) is 10.5. The maximum absolute atomic E-state index is 13.5. The van der Waals surface area contributed by atoms with Gasteiger partial charge in [-0.1, -0.05) is 17.7 Å². The van der Waals surface area contributed by atoms with Gasteiger partial charge in [-0.15, -0.1) is 0 Å². The van der Waals surface area contributed by atoms with Crippen LogP contribution in [0.25, 0.3) is 0 Å². The molecule has 88 valence electrons. The lowest BCUT2D eigenvalue weighted by Crippen LogP contribution is -2.05. The number of hydrogen-bond donors (Lipinski definition) is 1. The third-order valence-electron chi connectivity index (χ3n) is 2.24. The van der Waals surface area contributed by atoms with Crippen LogP contribution in [-0.2, 0) is 6.54 Å². The van der Waals surface area contributed by atoms with Gasteiger partial charge in [-0.2, -0.15) is 5.10 Å². The van der Waals surface area contributed by atoms with Crippen LogP contribution in [0, 0.1) is 5.82 Å². The van der Waals surface area contributed by atoms with E-state index < -0.39 is 11.8 Å². The molecule has 2 rings (SSSR count). The first kappa shape index (κ1) is 11.6. The molecule has 2 aromatic rings. The second-order valence-electron chi connectivity index (χ2n) is 3.40. The average molecular weight is 255 g/mol. The summed E-state index contributed by atoms with van der Waals surface area (Å²) < 4.78 is 14.8. The zero-order valence-electron chi connectivity index (χ0n) is 8.60. The van der Waals surface area contributed by atoms with Crippen molar-refractivity contribution in [2.75, 3.05) is 0 Å². The second kappa shape index (κ2) is 4.55. The van der Waals surface area contributed by atoms with Crippen molar-refractivity contribution in [1.82, 2.24) is 9.78 Å². The number of carbonyl (C=O) groups is 1. The van der Waals surface area contributed by atoms with Gasteiger partial charge in [0.25, 0.3) is 0 Å². The summed E-state index contributed by atoms with van der Waals surface area (Å²) in [6.45, 7) is 0.0960. The lowest BCUT2D eigenvalue weighted by molar-refractivity contribution is 0.0689. The van der Waals surface area contributed by atoms with E-state index in [1.807, 2.05) is 0 Å². The van der Waals surface area contributed by atoms with Crippen molar-refractivity contribution < 1.29 is 14.3 Å². The number of aromatic carboxylic acids is 1. The molecule has 17 heavy (non-hydrogen) atoms. The largest absolute Gasteiger partial charge is 0.476 e. The SMILES string of the molecule is O=C(O)c1ccn(Cc2c(F)cccc2Cl)n1. The molecule has 0 aliphatic carbocycles. The fraction of sp³-hybridized carbons (Fsp3) is 0.0909. The molecular formula is C11H8ClFN2O2. The third-order valence-corrected chi connectivity index (χ3v) is 2.60. The molecule has 0 saturated heterocycles. The Labute approximate surface area is 101 Å². The molecular weight excluding hydrogens is 247 g/mol. The molecule has 0 fully saturated rings. The topological polar surface area (TPSA) is 55.1 Å². The smallest absolute Gasteiger partial charge is 0.356 e. The van der Waals surface area contributed by atoms with Gasteiger partial charge >= 0.3 is 5.97 Å². The molecule has 0 aliphatic heterocycles. The van der Waals surface area contributed by atoms with Crippen LogP contribution in [0.15, 0.2) is 30.5 Å². The highest BCUT2D eigenvalue weighted by Crippen LogP contribution is 2.19.